The summed E-state index contributed by atoms with van der Waals surface area (Å²) in [6, 6.07) is 2.15. The van der Waals surface area contributed by atoms with Crippen molar-refractivity contribution >= 4 is 0 Å². The summed E-state index contributed by atoms with van der Waals surface area (Å²) in [5.74, 6) is 0. The van der Waals surface area contributed by atoms with Crippen LogP contribution in [-0.4, -0.2) is 24.0 Å². The van der Waals surface area contributed by atoms with Crippen molar-refractivity contribution in [3.63, 3.8) is 0 Å². The highest BCUT2D eigenvalue weighted by Gasteiger charge is 2.19. The van der Waals surface area contributed by atoms with Gasteiger partial charge in [-0.3, -0.25) is 0 Å². The molecule has 0 rings (SSSR count). The minimum atomic E-state index is 0.233. The minimum absolute atomic E-state index is 0.233. The predicted molar refractivity (Wildman–Crippen MR) is 47.2 cm³/mol. The number of rotatable bonds is 4. The normalized spacial score (nSPS) is 11.6. The van der Waals surface area contributed by atoms with Gasteiger partial charge < -0.3 is 4.90 Å². The highest BCUT2D eigenvalue weighted by molar-refractivity contribution is 4.80. The zero-order chi connectivity index (χ0) is 8.91. The molecule has 0 spiro atoms. The van der Waals surface area contributed by atoms with Crippen molar-refractivity contribution in [1.82, 2.24) is 4.90 Å². The Balaban J connectivity index is 3.83. The summed E-state index contributed by atoms with van der Waals surface area (Å²) in [7, 11) is 2.07. The first-order valence-electron chi connectivity index (χ1n) is 4.12. The number of nitriles is 1. The minimum Gasteiger partial charge on any atom is -0.300 e. The highest BCUT2D eigenvalue weighted by atomic mass is 15.2. The molecule has 0 aromatic carbocycles. The van der Waals surface area contributed by atoms with Gasteiger partial charge in [0.05, 0.1) is 6.07 Å². The third-order valence-electron chi connectivity index (χ3n) is 2.46. The lowest BCUT2D eigenvalue weighted by Gasteiger charge is -2.34. The Labute approximate surface area is 69.8 Å². The molecule has 0 radical (unpaired) electrons. The molecule has 0 aliphatic rings. The zero-order valence-corrected chi connectivity index (χ0v) is 8.02. The van der Waals surface area contributed by atoms with Crippen LogP contribution in [0, 0.1) is 11.3 Å². The van der Waals surface area contributed by atoms with Crippen LogP contribution in [0.3, 0.4) is 0 Å². The van der Waals surface area contributed by atoms with Crippen LogP contribution in [0.2, 0.25) is 0 Å². The van der Waals surface area contributed by atoms with Gasteiger partial charge in [0.1, 0.15) is 0 Å². The molecule has 0 saturated heterocycles. The van der Waals surface area contributed by atoms with Crippen LogP contribution in [0.5, 0.6) is 0 Å². The molecule has 0 aliphatic heterocycles. The summed E-state index contributed by atoms with van der Waals surface area (Å²) >= 11 is 0. The lowest BCUT2D eigenvalue weighted by molar-refractivity contribution is 0.154. The zero-order valence-electron chi connectivity index (χ0n) is 8.02. The molecule has 2 nitrogen and oxygen atoms in total. The molecular formula is C9H18N2. The van der Waals surface area contributed by atoms with Crippen molar-refractivity contribution in [1.29, 1.82) is 5.26 Å². The number of hydrogen-bond donors (Lipinski definition) is 0. The molecule has 0 atom stereocenters. The van der Waals surface area contributed by atoms with Crippen molar-refractivity contribution < 1.29 is 0 Å². The van der Waals surface area contributed by atoms with E-state index < -0.39 is 0 Å². The second kappa shape index (κ2) is 4.35. The second-order valence-electron chi connectivity index (χ2n) is 3.50. The fraction of sp³-hybridized carbons (Fsp3) is 0.889. The van der Waals surface area contributed by atoms with Crippen LogP contribution >= 0.6 is 0 Å². The van der Waals surface area contributed by atoms with Gasteiger partial charge in [0.2, 0.25) is 0 Å². The van der Waals surface area contributed by atoms with Crippen molar-refractivity contribution in [2.24, 2.45) is 0 Å². The predicted octanol–water partition coefficient (Wildman–Crippen LogP) is 2.02. The quantitative estimate of drug-likeness (QED) is 0.619. The Kier molecular flexibility index (Phi) is 4.14. The summed E-state index contributed by atoms with van der Waals surface area (Å²) < 4.78 is 0. The van der Waals surface area contributed by atoms with Crippen LogP contribution in [0.15, 0.2) is 0 Å². The van der Waals surface area contributed by atoms with Gasteiger partial charge in [-0.1, -0.05) is 6.92 Å². The monoisotopic (exact) mass is 154 g/mol. The third-order valence-corrected chi connectivity index (χ3v) is 2.46. The molecule has 0 unspecified atom stereocenters. The van der Waals surface area contributed by atoms with E-state index in [0.717, 1.165) is 13.0 Å². The van der Waals surface area contributed by atoms with Crippen LogP contribution in [0.1, 0.15) is 33.6 Å². The molecular weight excluding hydrogens is 136 g/mol. The highest BCUT2D eigenvalue weighted by Crippen LogP contribution is 2.15. The summed E-state index contributed by atoms with van der Waals surface area (Å²) in [4.78, 5) is 2.23. The van der Waals surface area contributed by atoms with Gasteiger partial charge in [-0.25, -0.2) is 0 Å². The SMILES string of the molecule is CCC(C)(C)N(C)CCC#N. The van der Waals surface area contributed by atoms with Gasteiger partial charge in [0.25, 0.3) is 0 Å². The average molecular weight is 154 g/mol. The van der Waals surface area contributed by atoms with E-state index in [1.54, 1.807) is 0 Å². The molecule has 0 bridgehead atoms. The van der Waals surface area contributed by atoms with Crippen LogP contribution < -0.4 is 0 Å². The lowest BCUT2D eigenvalue weighted by atomic mass is 10.00. The van der Waals surface area contributed by atoms with Crippen molar-refractivity contribution in [3.05, 3.63) is 0 Å². The topological polar surface area (TPSA) is 27.0 Å². The Morgan fingerprint density at radius 2 is 2.00 bits per heavy atom. The fourth-order valence-corrected chi connectivity index (χ4v) is 0.790. The average Bonchev–Trinajstić information content (AvgIpc) is 2.00. The van der Waals surface area contributed by atoms with Crippen molar-refractivity contribution in [2.75, 3.05) is 13.6 Å². The first-order chi connectivity index (χ1) is 5.04. The molecule has 0 heterocycles. The summed E-state index contributed by atoms with van der Waals surface area (Å²) in [5, 5.41) is 8.38. The largest absolute Gasteiger partial charge is 0.300 e. The Hall–Kier alpha value is -0.550. The van der Waals surface area contributed by atoms with Gasteiger partial charge in [-0.2, -0.15) is 5.26 Å². The second-order valence-corrected chi connectivity index (χ2v) is 3.50. The number of nitrogens with zero attached hydrogens (tertiary/aromatic N) is 2. The maximum absolute atomic E-state index is 8.38. The molecule has 2 heteroatoms. The van der Waals surface area contributed by atoms with Gasteiger partial charge >= 0.3 is 0 Å². The molecule has 0 fully saturated rings. The first kappa shape index (κ1) is 10.4. The Bertz CT molecular complexity index is 144. The third kappa shape index (κ3) is 3.38. The van der Waals surface area contributed by atoms with E-state index in [4.69, 9.17) is 5.26 Å². The van der Waals surface area contributed by atoms with E-state index >= 15 is 0 Å². The van der Waals surface area contributed by atoms with Crippen LogP contribution in [0.4, 0.5) is 0 Å². The smallest absolute Gasteiger partial charge is 0.0635 e. The van der Waals surface area contributed by atoms with Gasteiger partial charge in [0.15, 0.2) is 0 Å². The standard InChI is InChI=1S/C9H18N2/c1-5-9(2,3)11(4)8-6-7-10/h5-6,8H2,1-4H3. The van der Waals surface area contributed by atoms with Gasteiger partial charge in [-0.15, -0.1) is 0 Å². The van der Waals surface area contributed by atoms with E-state index in [1.807, 2.05) is 0 Å². The van der Waals surface area contributed by atoms with E-state index in [0.29, 0.717) is 6.42 Å². The Morgan fingerprint density at radius 3 is 2.36 bits per heavy atom. The molecule has 0 N–H and O–H groups in total. The molecule has 0 saturated carbocycles. The van der Waals surface area contributed by atoms with Crippen LogP contribution in [0.25, 0.3) is 0 Å². The first-order valence-corrected chi connectivity index (χ1v) is 4.12. The molecule has 0 aliphatic carbocycles. The summed E-state index contributed by atoms with van der Waals surface area (Å²) in [6.45, 7) is 7.44. The van der Waals surface area contributed by atoms with E-state index in [1.165, 1.54) is 0 Å². The Morgan fingerprint density at radius 1 is 1.45 bits per heavy atom. The summed E-state index contributed by atoms with van der Waals surface area (Å²) in [5.41, 5.74) is 0.233. The van der Waals surface area contributed by atoms with Crippen LogP contribution in [-0.2, 0) is 0 Å². The molecule has 64 valence electrons. The van der Waals surface area contributed by atoms with E-state index in [-0.39, 0.29) is 5.54 Å². The lowest BCUT2D eigenvalue weighted by Crippen LogP contribution is -2.40. The van der Waals surface area contributed by atoms with E-state index in [2.05, 4.69) is 38.8 Å². The molecule has 0 aromatic rings. The summed E-state index contributed by atoms with van der Waals surface area (Å²) in [6.07, 6.45) is 1.74. The maximum Gasteiger partial charge on any atom is 0.0635 e. The fourth-order valence-electron chi connectivity index (χ4n) is 0.790. The molecule has 0 aromatic heterocycles. The molecule has 11 heavy (non-hydrogen) atoms. The van der Waals surface area contributed by atoms with E-state index in [9.17, 15) is 0 Å². The maximum atomic E-state index is 8.38. The number of hydrogen-bond acceptors (Lipinski definition) is 2. The van der Waals surface area contributed by atoms with Crippen molar-refractivity contribution in [3.8, 4) is 6.07 Å². The molecule has 0 amide bonds. The van der Waals surface area contributed by atoms with Crippen molar-refractivity contribution in [2.45, 2.75) is 39.2 Å². The van der Waals surface area contributed by atoms with Gasteiger partial charge in [-0.05, 0) is 27.3 Å². The van der Waals surface area contributed by atoms with Gasteiger partial charge in [0, 0.05) is 18.5 Å².